The summed E-state index contributed by atoms with van der Waals surface area (Å²) < 4.78 is 76.2. The molecular formula is C31H30F3NO3S. The second kappa shape index (κ2) is 12.5. The van der Waals surface area contributed by atoms with E-state index in [2.05, 4.69) is 0 Å². The molecule has 8 heteroatoms. The number of hydrogen-bond acceptors (Lipinski definition) is 3. The number of para-hydroxylation sites is 1. The maximum absolute atomic E-state index is 13.8. The molecule has 0 aliphatic carbocycles. The molecule has 0 fully saturated rings. The van der Waals surface area contributed by atoms with Gasteiger partial charge >= 0.3 is 6.18 Å². The van der Waals surface area contributed by atoms with Crippen molar-refractivity contribution < 1.29 is 26.3 Å². The number of rotatable bonds is 11. The number of benzene rings is 4. The fourth-order valence-corrected chi connectivity index (χ4v) is 6.12. The topological polar surface area (TPSA) is 46.6 Å². The summed E-state index contributed by atoms with van der Waals surface area (Å²) in [7, 11) is -4.55. The van der Waals surface area contributed by atoms with Gasteiger partial charge in [0.2, 0.25) is 0 Å². The van der Waals surface area contributed by atoms with Crippen molar-refractivity contribution in [1.29, 1.82) is 0 Å². The molecule has 4 rings (SSSR count). The van der Waals surface area contributed by atoms with Crippen LogP contribution in [0.5, 0.6) is 0 Å². The number of halogens is 3. The van der Waals surface area contributed by atoms with Gasteiger partial charge in [-0.3, -0.25) is 4.31 Å². The number of alkyl halides is 3. The van der Waals surface area contributed by atoms with E-state index < -0.39 is 26.7 Å². The number of ether oxygens (including phenoxy) is 1. The highest BCUT2D eigenvalue weighted by atomic mass is 32.2. The molecular weight excluding hydrogens is 523 g/mol. The van der Waals surface area contributed by atoms with Gasteiger partial charge in [-0.1, -0.05) is 90.5 Å². The molecule has 1 unspecified atom stereocenters. The summed E-state index contributed by atoms with van der Waals surface area (Å²) in [5.74, 6) is 0. The smallest absolute Gasteiger partial charge is 0.373 e. The van der Waals surface area contributed by atoms with Crippen LogP contribution in [-0.4, -0.2) is 21.1 Å². The lowest BCUT2D eigenvalue weighted by Gasteiger charge is -2.28. The van der Waals surface area contributed by atoms with Crippen LogP contribution in [0.15, 0.2) is 114 Å². The molecule has 4 aromatic carbocycles. The first-order valence-corrected chi connectivity index (χ1v) is 14.0. The van der Waals surface area contributed by atoms with Crippen LogP contribution >= 0.6 is 0 Å². The number of hydrogen-bond donors (Lipinski definition) is 0. The van der Waals surface area contributed by atoms with Crippen molar-refractivity contribution in [2.45, 2.75) is 43.5 Å². The molecule has 204 valence electrons. The Morgan fingerprint density at radius 3 is 2.08 bits per heavy atom. The summed E-state index contributed by atoms with van der Waals surface area (Å²) in [5.41, 5.74) is 2.18. The predicted octanol–water partition coefficient (Wildman–Crippen LogP) is 7.43. The van der Waals surface area contributed by atoms with Gasteiger partial charge in [0.25, 0.3) is 10.0 Å². The highest BCUT2D eigenvalue weighted by molar-refractivity contribution is 7.92. The van der Waals surface area contributed by atoms with Crippen molar-refractivity contribution in [1.82, 2.24) is 0 Å². The first kappa shape index (κ1) is 28.4. The fourth-order valence-electron chi connectivity index (χ4n) is 4.42. The van der Waals surface area contributed by atoms with E-state index in [1.807, 2.05) is 61.5 Å². The number of nitrogens with zero attached hydrogens (tertiary/aromatic N) is 1. The maximum Gasteiger partial charge on any atom is 0.417 e. The Hall–Kier alpha value is -3.62. The third-order valence-electron chi connectivity index (χ3n) is 6.33. The third-order valence-corrected chi connectivity index (χ3v) is 8.22. The van der Waals surface area contributed by atoms with Gasteiger partial charge in [0.1, 0.15) is 0 Å². The van der Waals surface area contributed by atoms with E-state index in [-0.39, 0.29) is 24.8 Å². The van der Waals surface area contributed by atoms with Crippen molar-refractivity contribution >= 4 is 15.7 Å². The largest absolute Gasteiger partial charge is 0.417 e. The van der Waals surface area contributed by atoms with Gasteiger partial charge in [0, 0.05) is 6.54 Å². The van der Waals surface area contributed by atoms with Crippen LogP contribution < -0.4 is 4.31 Å². The SMILES string of the molecule is Cc1cccc(CC(CCN(c2ccccc2)S(=O)(=O)c2ccccc2C(F)(F)F)OCc2ccccc2)c1. The second-order valence-corrected chi connectivity index (χ2v) is 11.1. The Balaban J connectivity index is 1.65. The van der Waals surface area contributed by atoms with Gasteiger partial charge in [-0.15, -0.1) is 0 Å². The summed E-state index contributed by atoms with van der Waals surface area (Å²) in [4.78, 5) is -0.776. The number of anilines is 1. The van der Waals surface area contributed by atoms with E-state index in [1.165, 1.54) is 12.1 Å². The quantitative estimate of drug-likeness (QED) is 0.194. The summed E-state index contributed by atoms with van der Waals surface area (Å²) in [6, 6.07) is 30.1. The van der Waals surface area contributed by atoms with Crippen LogP contribution in [0.1, 0.15) is 28.7 Å². The van der Waals surface area contributed by atoms with Crippen molar-refractivity contribution in [2.75, 3.05) is 10.8 Å². The Kier molecular flexibility index (Phi) is 9.09. The molecule has 0 N–H and O–H groups in total. The molecule has 0 amide bonds. The van der Waals surface area contributed by atoms with Crippen LogP contribution in [0.3, 0.4) is 0 Å². The van der Waals surface area contributed by atoms with Crippen LogP contribution in [0, 0.1) is 6.92 Å². The minimum Gasteiger partial charge on any atom is -0.373 e. The molecule has 0 aliphatic rings. The molecule has 4 nitrogen and oxygen atoms in total. The minimum atomic E-state index is -4.82. The van der Waals surface area contributed by atoms with E-state index in [4.69, 9.17) is 4.74 Å². The van der Waals surface area contributed by atoms with Crippen LogP contribution in [0.25, 0.3) is 0 Å². The first-order chi connectivity index (χ1) is 18.6. The van der Waals surface area contributed by atoms with E-state index in [1.54, 1.807) is 30.3 Å². The molecule has 0 saturated heterocycles. The summed E-state index contributed by atoms with van der Waals surface area (Å²) >= 11 is 0. The average Bonchev–Trinajstić information content (AvgIpc) is 2.92. The lowest BCUT2D eigenvalue weighted by molar-refractivity contribution is -0.139. The summed E-state index contributed by atoms with van der Waals surface area (Å²) in [6.07, 6.45) is -4.41. The molecule has 0 radical (unpaired) electrons. The highest BCUT2D eigenvalue weighted by Crippen LogP contribution is 2.36. The monoisotopic (exact) mass is 553 g/mol. The van der Waals surface area contributed by atoms with Crippen LogP contribution in [0.4, 0.5) is 18.9 Å². The normalized spacial score (nSPS) is 12.7. The molecule has 0 bridgehead atoms. The van der Waals surface area contributed by atoms with Gasteiger partial charge in [0.15, 0.2) is 0 Å². The number of sulfonamides is 1. The van der Waals surface area contributed by atoms with Crippen molar-refractivity contribution in [3.8, 4) is 0 Å². The molecule has 4 aromatic rings. The Morgan fingerprint density at radius 2 is 1.41 bits per heavy atom. The fraction of sp³-hybridized carbons (Fsp3) is 0.226. The molecule has 0 saturated carbocycles. The molecule has 39 heavy (non-hydrogen) atoms. The van der Waals surface area contributed by atoms with Gasteiger partial charge in [0.05, 0.1) is 28.9 Å². The van der Waals surface area contributed by atoms with E-state index in [0.29, 0.717) is 13.0 Å². The third kappa shape index (κ3) is 7.49. The van der Waals surface area contributed by atoms with Crippen molar-refractivity contribution in [2.24, 2.45) is 0 Å². The standard InChI is InChI=1S/C31H30F3NO3S/c1-24-11-10-14-26(21-24)22-28(38-23-25-12-4-2-5-13-25)19-20-35(27-15-6-3-7-16-27)39(36,37)30-18-9-8-17-29(30)31(32,33)34/h2-18,21,28H,19-20,22-23H2,1H3. The zero-order valence-corrected chi connectivity index (χ0v) is 22.3. The predicted molar refractivity (Wildman–Crippen MR) is 147 cm³/mol. The van der Waals surface area contributed by atoms with E-state index in [9.17, 15) is 21.6 Å². The molecule has 1 atom stereocenters. The van der Waals surface area contributed by atoms with E-state index in [0.717, 1.165) is 33.1 Å². The summed E-state index contributed by atoms with van der Waals surface area (Å²) in [6.45, 7) is 2.25. The first-order valence-electron chi connectivity index (χ1n) is 12.6. The molecule has 0 aliphatic heterocycles. The maximum atomic E-state index is 13.8. The number of aryl methyl sites for hydroxylation is 1. The Morgan fingerprint density at radius 1 is 0.795 bits per heavy atom. The van der Waals surface area contributed by atoms with Crippen LogP contribution in [0.2, 0.25) is 0 Å². The zero-order valence-electron chi connectivity index (χ0n) is 21.5. The van der Waals surface area contributed by atoms with E-state index >= 15 is 0 Å². The van der Waals surface area contributed by atoms with Gasteiger partial charge in [-0.25, -0.2) is 8.42 Å². The lowest BCUT2D eigenvalue weighted by atomic mass is 10.0. The van der Waals surface area contributed by atoms with Gasteiger partial charge < -0.3 is 4.74 Å². The van der Waals surface area contributed by atoms with Gasteiger partial charge in [-0.05, 0) is 55.2 Å². The molecule has 0 spiro atoms. The molecule has 0 aromatic heterocycles. The summed E-state index contributed by atoms with van der Waals surface area (Å²) in [5, 5.41) is 0. The Bertz CT molecular complexity index is 1460. The Labute approximate surface area is 227 Å². The highest BCUT2D eigenvalue weighted by Gasteiger charge is 2.39. The molecule has 0 heterocycles. The van der Waals surface area contributed by atoms with Gasteiger partial charge in [-0.2, -0.15) is 13.2 Å². The van der Waals surface area contributed by atoms with Crippen molar-refractivity contribution in [3.63, 3.8) is 0 Å². The second-order valence-electron chi connectivity index (χ2n) is 9.31. The lowest BCUT2D eigenvalue weighted by Crippen LogP contribution is -2.35. The minimum absolute atomic E-state index is 0.0657. The average molecular weight is 554 g/mol. The van der Waals surface area contributed by atoms with Crippen molar-refractivity contribution in [3.05, 3.63) is 131 Å². The van der Waals surface area contributed by atoms with Crippen LogP contribution in [-0.2, 0) is 34.0 Å². The zero-order chi connectivity index (χ0) is 27.9.